The zero-order valence-electron chi connectivity index (χ0n) is 14.1. The highest BCUT2D eigenvalue weighted by molar-refractivity contribution is 5.58. The third kappa shape index (κ3) is 4.36. The highest BCUT2D eigenvalue weighted by Crippen LogP contribution is 2.26. The average molecular weight is 278 g/mol. The SMILES string of the molecule is CCCC(C)(C)Nc1nc(C(C)C)nc(NCC)c1C. The second-order valence-electron chi connectivity index (χ2n) is 6.35. The van der Waals surface area contributed by atoms with Crippen molar-refractivity contribution < 1.29 is 0 Å². The topological polar surface area (TPSA) is 49.8 Å². The van der Waals surface area contributed by atoms with Crippen molar-refractivity contribution in [2.75, 3.05) is 17.2 Å². The lowest BCUT2D eigenvalue weighted by molar-refractivity contribution is 0.508. The van der Waals surface area contributed by atoms with E-state index in [4.69, 9.17) is 4.98 Å². The van der Waals surface area contributed by atoms with Crippen molar-refractivity contribution in [1.29, 1.82) is 0 Å². The minimum atomic E-state index is 0.0472. The molecule has 1 aromatic heterocycles. The standard InChI is InChI=1S/C16H30N4/c1-8-10-16(6,7)20-15-12(5)14(17-9-2)18-13(19-15)11(3)4/h11H,8-10H2,1-7H3,(H2,17,18,19,20). The minimum Gasteiger partial charge on any atom is -0.370 e. The largest absolute Gasteiger partial charge is 0.370 e. The van der Waals surface area contributed by atoms with E-state index in [0.29, 0.717) is 5.92 Å². The Balaban J connectivity index is 3.16. The van der Waals surface area contributed by atoms with Gasteiger partial charge in [-0.3, -0.25) is 0 Å². The molecule has 0 amide bonds. The third-order valence-corrected chi connectivity index (χ3v) is 3.36. The quantitative estimate of drug-likeness (QED) is 0.779. The zero-order chi connectivity index (χ0) is 15.3. The lowest BCUT2D eigenvalue weighted by Gasteiger charge is -2.28. The van der Waals surface area contributed by atoms with Crippen LogP contribution < -0.4 is 10.6 Å². The van der Waals surface area contributed by atoms with Crippen molar-refractivity contribution in [3.8, 4) is 0 Å². The molecular formula is C16H30N4. The summed E-state index contributed by atoms with van der Waals surface area (Å²) >= 11 is 0. The van der Waals surface area contributed by atoms with Crippen molar-refractivity contribution in [2.45, 2.75) is 72.8 Å². The Morgan fingerprint density at radius 1 is 1.10 bits per heavy atom. The molecule has 2 N–H and O–H groups in total. The van der Waals surface area contributed by atoms with Crippen LogP contribution >= 0.6 is 0 Å². The Hall–Kier alpha value is -1.32. The van der Waals surface area contributed by atoms with E-state index in [-0.39, 0.29) is 5.54 Å². The van der Waals surface area contributed by atoms with Crippen LogP contribution in [0.3, 0.4) is 0 Å². The summed E-state index contributed by atoms with van der Waals surface area (Å²) in [6.45, 7) is 15.9. The molecule has 4 nitrogen and oxygen atoms in total. The van der Waals surface area contributed by atoms with Gasteiger partial charge in [-0.05, 0) is 34.1 Å². The van der Waals surface area contributed by atoms with Gasteiger partial charge in [-0.25, -0.2) is 9.97 Å². The van der Waals surface area contributed by atoms with Gasteiger partial charge in [0, 0.05) is 23.6 Å². The highest BCUT2D eigenvalue weighted by atomic mass is 15.1. The summed E-state index contributed by atoms with van der Waals surface area (Å²) in [5.41, 5.74) is 1.14. The second-order valence-corrected chi connectivity index (χ2v) is 6.35. The zero-order valence-corrected chi connectivity index (χ0v) is 14.1. The van der Waals surface area contributed by atoms with Gasteiger partial charge in [-0.2, -0.15) is 0 Å². The van der Waals surface area contributed by atoms with E-state index >= 15 is 0 Å². The summed E-state index contributed by atoms with van der Waals surface area (Å²) in [6.07, 6.45) is 2.27. The van der Waals surface area contributed by atoms with E-state index in [2.05, 4.69) is 64.1 Å². The Morgan fingerprint density at radius 2 is 1.70 bits per heavy atom. The number of hydrogen-bond donors (Lipinski definition) is 2. The molecule has 114 valence electrons. The number of anilines is 2. The van der Waals surface area contributed by atoms with E-state index < -0.39 is 0 Å². The Labute approximate surface area is 123 Å². The maximum atomic E-state index is 4.72. The lowest BCUT2D eigenvalue weighted by atomic mass is 9.98. The molecule has 0 aliphatic heterocycles. The van der Waals surface area contributed by atoms with Gasteiger partial charge in [0.25, 0.3) is 0 Å². The number of nitrogens with one attached hydrogen (secondary N) is 2. The maximum Gasteiger partial charge on any atom is 0.135 e. The van der Waals surface area contributed by atoms with Gasteiger partial charge in [-0.15, -0.1) is 0 Å². The van der Waals surface area contributed by atoms with Crippen molar-refractivity contribution in [2.24, 2.45) is 0 Å². The van der Waals surface area contributed by atoms with Crippen LogP contribution in [0.5, 0.6) is 0 Å². The summed E-state index contributed by atoms with van der Waals surface area (Å²) in [6, 6.07) is 0. The van der Waals surface area contributed by atoms with Gasteiger partial charge in [0.05, 0.1) is 0 Å². The molecule has 0 atom stereocenters. The average Bonchev–Trinajstić information content (AvgIpc) is 2.33. The predicted molar refractivity (Wildman–Crippen MR) is 87.6 cm³/mol. The summed E-state index contributed by atoms with van der Waals surface area (Å²) in [5.74, 6) is 3.11. The summed E-state index contributed by atoms with van der Waals surface area (Å²) in [4.78, 5) is 9.36. The van der Waals surface area contributed by atoms with Gasteiger partial charge in [-0.1, -0.05) is 27.2 Å². The Bertz CT molecular complexity index is 438. The number of aromatic nitrogens is 2. The third-order valence-electron chi connectivity index (χ3n) is 3.36. The summed E-state index contributed by atoms with van der Waals surface area (Å²) in [7, 11) is 0. The van der Waals surface area contributed by atoms with E-state index in [9.17, 15) is 0 Å². The smallest absolute Gasteiger partial charge is 0.135 e. The van der Waals surface area contributed by atoms with E-state index in [1.807, 2.05) is 0 Å². The first kappa shape index (κ1) is 16.7. The van der Waals surface area contributed by atoms with E-state index in [1.165, 1.54) is 0 Å². The number of nitrogens with zero attached hydrogens (tertiary/aromatic N) is 2. The molecule has 0 aromatic carbocycles. The van der Waals surface area contributed by atoms with Crippen LogP contribution in [0, 0.1) is 6.92 Å². The summed E-state index contributed by atoms with van der Waals surface area (Å²) in [5, 5.41) is 6.93. The molecule has 0 radical (unpaired) electrons. The first-order valence-electron chi connectivity index (χ1n) is 7.71. The molecule has 0 bridgehead atoms. The van der Waals surface area contributed by atoms with Crippen LogP contribution in [0.25, 0.3) is 0 Å². The Kier molecular flexibility index (Phi) is 5.78. The first-order valence-corrected chi connectivity index (χ1v) is 7.71. The molecule has 1 heterocycles. The van der Waals surface area contributed by atoms with Crippen molar-refractivity contribution in [3.63, 3.8) is 0 Å². The van der Waals surface area contributed by atoms with Crippen molar-refractivity contribution >= 4 is 11.6 Å². The molecular weight excluding hydrogens is 248 g/mol. The molecule has 1 aromatic rings. The summed E-state index contributed by atoms with van der Waals surface area (Å²) < 4.78 is 0. The van der Waals surface area contributed by atoms with Crippen LogP contribution in [-0.2, 0) is 0 Å². The van der Waals surface area contributed by atoms with Crippen molar-refractivity contribution in [1.82, 2.24) is 9.97 Å². The molecule has 0 fully saturated rings. The van der Waals surface area contributed by atoms with Crippen LogP contribution in [0.1, 0.15) is 71.7 Å². The normalized spacial score (nSPS) is 11.8. The van der Waals surface area contributed by atoms with Gasteiger partial charge < -0.3 is 10.6 Å². The molecule has 0 aliphatic carbocycles. The van der Waals surface area contributed by atoms with Gasteiger partial charge >= 0.3 is 0 Å². The van der Waals surface area contributed by atoms with Gasteiger partial charge in [0.1, 0.15) is 17.5 Å². The molecule has 1 rings (SSSR count). The fraction of sp³-hybridized carbons (Fsp3) is 0.750. The molecule has 0 unspecified atom stereocenters. The minimum absolute atomic E-state index is 0.0472. The van der Waals surface area contributed by atoms with Crippen LogP contribution in [-0.4, -0.2) is 22.1 Å². The van der Waals surface area contributed by atoms with Crippen molar-refractivity contribution in [3.05, 3.63) is 11.4 Å². The first-order chi connectivity index (χ1) is 9.30. The van der Waals surface area contributed by atoms with E-state index in [0.717, 1.165) is 42.4 Å². The van der Waals surface area contributed by atoms with E-state index in [1.54, 1.807) is 0 Å². The predicted octanol–water partition coefficient (Wildman–Crippen LogP) is 4.33. The molecule has 4 heteroatoms. The lowest BCUT2D eigenvalue weighted by Crippen LogP contribution is -2.31. The highest BCUT2D eigenvalue weighted by Gasteiger charge is 2.20. The Morgan fingerprint density at radius 3 is 2.20 bits per heavy atom. The van der Waals surface area contributed by atoms with Gasteiger partial charge in [0.2, 0.25) is 0 Å². The molecule has 20 heavy (non-hydrogen) atoms. The molecule has 0 saturated heterocycles. The van der Waals surface area contributed by atoms with Gasteiger partial charge in [0.15, 0.2) is 0 Å². The second kappa shape index (κ2) is 6.91. The maximum absolute atomic E-state index is 4.72. The van der Waals surface area contributed by atoms with Crippen LogP contribution in [0.2, 0.25) is 0 Å². The number of rotatable bonds is 7. The van der Waals surface area contributed by atoms with Crippen LogP contribution in [0.4, 0.5) is 11.6 Å². The van der Waals surface area contributed by atoms with Crippen LogP contribution in [0.15, 0.2) is 0 Å². The molecule has 0 saturated carbocycles. The fourth-order valence-electron chi connectivity index (χ4n) is 2.26. The monoisotopic (exact) mass is 278 g/mol. The molecule has 0 spiro atoms. The number of hydrogen-bond acceptors (Lipinski definition) is 4. The fourth-order valence-corrected chi connectivity index (χ4v) is 2.26. The molecule has 0 aliphatic rings.